The highest BCUT2D eigenvalue weighted by molar-refractivity contribution is 6.30. The Hall–Kier alpha value is -10.3. The third-order valence-corrected chi connectivity index (χ3v) is 21.3. The second-order valence-electron chi connectivity index (χ2n) is 27.5. The third kappa shape index (κ3) is 7.45. The van der Waals surface area contributed by atoms with E-state index < -0.39 is 0 Å². The van der Waals surface area contributed by atoms with Crippen LogP contribution in [0.1, 0.15) is 101 Å². The zero-order valence-corrected chi connectivity index (χ0v) is 52.3. The van der Waals surface area contributed by atoms with Crippen LogP contribution in [0.15, 0.2) is 255 Å². The molecule has 16 aromatic carbocycles. The van der Waals surface area contributed by atoms with Crippen molar-refractivity contribution in [3.8, 4) is 22.3 Å². The summed E-state index contributed by atoms with van der Waals surface area (Å²) >= 11 is 0. The molecule has 2 aliphatic rings. The summed E-state index contributed by atoms with van der Waals surface area (Å²) in [5, 5.41) is 23.2. The molecule has 18 rings (SSSR count). The minimum Gasteiger partial charge on any atom is -0.310 e. The second kappa shape index (κ2) is 19.1. The molecule has 0 spiro atoms. The van der Waals surface area contributed by atoms with Gasteiger partial charge >= 0.3 is 0 Å². The van der Waals surface area contributed by atoms with E-state index in [1.807, 2.05) is 0 Å². The van der Waals surface area contributed by atoms with Crippen molar-refractivity contribution >= 4 is 131 Å². The van der Waals surface area contributed by atoms with E-state index in [-0.39, 0.29) is 10.8 Å². The van der Waals surface area contributed by atoms with Gasteiger partial charge in [0.15, 0.2) is 0 Å². The number of anilines is 6. The number of hydrogen-bond acceptors (Lipinski definition) is 2. The molecule has 0 aromatic heterocycles. The van der Waals surface area contributed by atoms with Crippen LogP contribution in [0.25, 0.3) is 119 Å². The molecular weight excluding hydrogens is 1080 g/mol. The molecule has 16 aromatic rings. The number of benzene rings is 16. The van der Waals surface area contributed by atoms with E-state index in [1.54, 1.807) is 0 Å². The third-order valence-electron chi connectivity index (χ3n) is 21.3. The molecule has 430 valence electrons. The Morgan fingerprint density at radius 3 is 0.867 bits per heavy atom. The highest BCUT2D eigenvalue weighted by Gasteiger charge is 2.39. The average Bonchev–Trinajstić information content (AvgIpc) is 1.39. The Kier molecular flexibility index (Phi) is 11.2. The van der Waals surface area contributed by atoms with Gasteiger partial charge in [0.25, 0.3) is 0 Å². The first kappa shape index (κ1) is 52.8. The standard InChI is InChI=1S/C88H68N2/c1-51(2)53-25-33-57(34-26-53)89(59-37-41-69-77-47-73-65-21-13-9-17-61(65)63-19-11-15-23-67(63)75(73)49-81(77)87(5,6)79(69)45-59)83-43-31-55-30-40-72-84(44-32-56-29-39-71(83)85(55)86(56)72)90(58-35-27-54(28-36-58)52(3)4)60-38-42-70-78-48-74-66-22-14-10-18-62(66)64-20-12-16-24-68(64)76(74)50-82(78)88(7,8)80(70)46-60/h9-52H,1-8H3. The highest BCUT2D eigenvalue weighted by atomic mass is 15.2. The lowest BCUT2D eigenvalue weighted by Crippen LogP contribution is -2.17. The van der Waals surface area contributed by atoms with Gasteiger partial charge in [-0.1, -0.05) is 225 Å². The van der Waals surface area contributed by atoms with Gasteiger partial charge in [0, 0.05) is 44.4 Å². The van der Waals surface area contributed by atoms with Gasteiger partial charge < -0.3 is 9.80 Å². The molecule has 90 heavy (non-hydrogen) atoms. The van der Waals surface area contributed by atoms with Crippen LogP contribution in [0.4, 0.5) is 34.1 Å². The van der Waals surface area contributed by atoms with E-state index in [0.717, 1.165) is 34.1 Å². The van der Waals surface area contributed by atoms with E-state index in [0.29, 0.717) is 11.8 Å². The van der Waals surface area contributed by atoms with Crippen molar-refractivity contribution in [3.05, 3.63) is 288 Å². The second-order valence-corrected chi connectivity index (χ2v) is 27.5. The zero-order valence-electron chi connectivity index (χ0n) is 52.3. The quantitative estimate of drug-likeness (QED) is 0.140. The number of rotatable bonds is 8. The average molecular weight is 1150 g/mol. The predicted molar refractivity (Wildman–Crippen MR) is 388 cm³/mol. The fourth-order valence-electron chi connectivity index (χ4n) is 16.5. The Morgan fingerprint density at radius 1 is 0.244 bits per heavy atom. The van der Waals surface area contributed by atoms with E-state index in [4.69, 9.17) is 0 Å². The summed E-state index contributed by atoms with van der Waals surface area (Å²) in [7, 11) is 0. The van der Waals surface area contributed by atoms with Gasteiger partial charge in [0.05, 0.1) is 11.4 Å². The maximum absolute atomic E-state index is 2.54. The van der Waals surface area contributed by atoms with Crippen LogP contribution in [-0.4, -0.2) is 0 Å². The van der Waals surface area contributed by atoms with E-state index in [2.05, 4.69) is 320 Å². The summed E-state index contributed by atoms with van der Waals surface area (Å²) in [5.41, 5.74) is 19.8. The molecule has 0 aliphatic heterocycles. The first-order valence-electron chi connectivity index (χ1n) is 32.4. The fourth-order valence-corrected chi connectivity index (χ4v) is 16.5. The summed E-state index contributed by atoms with van der Waals surface area (Å²) < 4.78 is 0. The summed E-state index contributed by atoms with van der Waals surface area (Å²) in [5.74, 6) is 0.825. The molecule has 2 heteroatoms. The largest absolute Gasteiger partial charge is 0.310 e. The van der Waals surface area contributed by atoms with Crippen molar-refractivity contribution in [1.29, 1.82) is 0 Å². The number of nitrogens with zero attached hydrogens (tertiary/aromatic N) is 2. The molecule has 0 N–H and O–H groups in total. The molecule has 2 nitrogen and oxygen atoms in total. The zero-order chi connectivity index (χ0) is 60.6. The van der Waals surface area contributed by atoms with Gasteiger partial charge in [0.1, 0.15) is 0 Å². The predicted octanol–water partition coefficient (Wildman–Crippen LogP) is 25.3. The van der Waals surface area contributed by atoms with Crippen LogP contribution in [-0.2, 0) is 10.8 Å². The number of fused-ring (bicyclic) bond motifs is 18. The van der Waals surface area contributed by atoms with Crippen LogP contribution in [0.5, 0.6) is 0 Å². The maximum Gasteiger partial charge on any atom is 0.0540 e. The van der Waals surface area contributed by atoms with Crippen molar-refractivity contribution in [2.45, 2.75) is 78.1 Å². The first-order chi connectivity index (χ1) is 43.8. The fraction of sp³-hybridized carbons (Fsp3) is 0.136. The molecule has 0 heterocycles. The minimum atomic E-state index is -0.257. The van der Waals surface area contributed by atoms with Gasteiger partial charge in [-0.25, -0.2) is 0 Å². The van der Waals surface area contributed by atoms with Crippen LogP contribution in [0, 0.1) is 0 Å². The van der Waals surface area contributed by atoms with Crippen molar-refractivity contribution in [3.63, 3.8) is 0 Å². The summed E-state index contributed by atoms with van der Waals surface area (Å²) in [6.07, 6.45) is 0. The molecule has 0 unspecified atom stereocenters. The summed E-state index contributed by atoms with van der Waals surface area (Å²) in [6, 6.07) is 98.1. The van der Waals surface area contributed by atoms with Gasteiger partial charge in [-0.15, -0.1) is 0 Å². The van der Waals surface area contributed by atoms with Crippen LogP contribution in [0.2, 0.25) is 0 Å². The normalized spacial score (nSPS) is 13.9. The lowest BCUT2D eigenvalue weighted by atomic mass is 9.81. The highest BCUT2D eigenvalue weighted by Crippen LogP contribution is 2.57. The molecule has 2 aliphatic carbocycles. The molecule has 0 atom stereocenters. The minimum absolute atomic E-state index is 0.257. The van der Waals surface area contributed by atoms with Gasteiger partial charge in [-0.2, -0.15) is 0 Å². The summed E-state index contributed by atoms with van der Waals surface area (Å²) in [4.78, 5) is 5.07. The molecule has 0 bridgehead atoms. The van der Waals surface area contributed by atoms with Crippen molar-refractivity contribution in [2.24, 2.45) is 0 Å². The Labute approximate surface area is 526 Å². The smallest absolute Gasteiger partial charge is 0.0540 e. The maximum atomic E-state index is 2.54. The van der Waals surface area contributed by atoms with E-state index >= 15 is 0 Å². The lowest BCUT2D eigenvalue weighted by Gasteiger charge is -2.31. The molecule has 0 saturated carbocycles. The molecule has 0 saturated heterocycles. The number of hydrogen-bond donors (Lipinski definition) is 0. The summed E-state index contributed by atoms with van der Waals surface area (Å²) in [6.45, 7) is 18.9. The van der Waals surface area contributed by atoms with E-state index in [9.17, 15) is 0 Å². The molecule has 0 amide bonds. The van der Waals surface area contributed by atoms with Gasteiger partial charge in [-0.05, 0) is 239 Å². The Morgan fingerprint density at radius 2 is 0.533 bits per heavy atom. The van der Waals surface area contributed by atoms with Crippen molar-refractivity contribution in [1.82, 2.24) is 0 Å². The van der Waals surface area contributed by atoms with Crippen LogP contribution >= 0.6 is 0 Å². The van der Waals surface area contributed by atoms with Gasteiger partial charge in [0.2, 0.25) is 0 Å². The molecule has 0 fully saturated rings. The Bertz CT molecular complexity index is 5370. The van der Waals surface area contributed by atoms with Gasteiger partial charge in [-0.3, -0.25) is 0 Å². The molecule has 0 radical (unpaired) electrons. The Balaban J connectivity index is 0.811. The van der Waals surface area contributed by atoms with Crippen LogP contribution in [0.3, 0.4) is 0 Å². The first-order valence-corrected chi connectivity index (χ1v) is 32.4. The lowest BCUT2D eigenvalue weighted by molar-refractivity contribution is 0.661. The monoisotopic (exact) mass is 1150 g/mol. The molecular formula is C88H68N2. The van der Waals surface area contributed by atoms with Crippen LogP contribution < -0.4 is 9.80 Å². The topological polar surface area (TPSA) is 6.48 Å². The van der Waals surface area contributed by atoms with Crippen molar-refractivity contribution in [2.75, 3.05) is 9.80 Å². The SMILES string of the molecule is CC(C)c1ccc(N(c2ccc3c(c2)C(C)(C)c2cc4c5ccccc5c5ccccc5c4cc2-3)c2ccc3ccc4c(N(c5ccc(C(C)C)cc5)c5ccc6c(c5)C(C)(C)c5cc7c8ccccc8c8ccccc8c7cc5-6)ccc5ccc2c3c54)cc1. The van der Waals surface area contributed by atoms with E-state index in [1.165, 1.54) is 153 Å². The van der Waals surface area contributed by atoms with Crippen molar-refractivity contribution < 1.29 is 0 Å².